The number of nitrogens with one attached hydrogen (secondary N) is 1. The topological polar surface area (TPSA) is 61.8 Å². The molecule has 0 saturated heterocycles. The normalized spacial score (nSPS) is 14.4. The van der Waals surface area contributed by atoms with Gasteiger partial charge < -0.3 is 15.2 Å². The average Bonchev–Trinajstić information content (AvgIpc) is 3.23. The molecule has 1 amide bonds. The van der Waals surface area contributed by atoms with Crippen LogP contribution in [-0.4, -0.2) is 48.8 Å². The summed E-state index contributed by atoms with van der Waals surface area (Å²) >= 11 is 0. The van der Waals surface area contributed by atoms with Crippen molar-refractivity contribution >= 4 is 11.6 Å². The molecule has 2 N–H and O–H groups in total. The van der Waals surface area contributed by atoms with E-state index in [1.54, 1.807) is 7.11 Å². The number of benzene rings is 1. The van der Waals surface area contributed by atoms with Gasteiger partial charge in [0.2, 0.25) is 5.91 Å². The lowest BCUT2D eigenvalue weighted by molar-refractivity contribution is -0.117. The van der Waals surface area contributed by atoms with E-state index in [1.165, 1.54) is 0 Å². The number of rotatable bonds is 7. The Morgan fingerprint density at radius 2 is 2.25 bits per heavy atom. The van der Waals surface area contributed by atoms with Crippen LogP contribution < -0.4 is 10.1 Å². The van der Waals surface area contributed by atoms with Gasteiger partial charge in [0.05, 0.1) is 25.9 Å². The average molecular weight is 278 g/mol. The molecule has 1 aromatic carbocycles. The largest absolute Gasteiger partial charge is 0.495 e. The number of hydrogen-bond donors (Lipinski definition) is 2. The molecule has 0 bridgehead atoms. The predicted molar refractivity (Wildman–Crippen MR) is 78.0 cm³/mol. The molecule has 1 saturated carbocycles. The number of carbonyl (C=O) groups excluding carboxylic acids is 1. The number of ether oxygens (including phenoxy) is 1. The van der Waals surface area contributed by atoms with E-state index in [0.29, 0.717) is 30.6 Å². The first-order valence-electron chi connectivity index (χ1n) is 6.93. The Hall–Kier alpha value is -1.59. The zero-order valence-electron chi connectivity index (χ0n) is 12.1. The van der Waals surface area contributed by atoms with E-state index in [2.05, 4.69) is 5.32 Å². The van der Waals surface area contributed by atoms with Crippen molar-refractivity contribution in [1.82, 2.24) is 4.90 Å². The summed E-state index contributed by atoms with van der Waals surface area (Å²) in [5.74, 6) is 0.582. The number of amides is 1. The van der Waals surface area contributed by atoms with E-state index < -0.39 is 0 Å². The Bertz CT molecular complexity index is 472. The van der Waals surface area contributed by atoms with Gasteiger partial charge in [-0.2, -0.15) is 0 Å². The summed E-state index contributed by atoms with van der Waals surface area (Å²) in [5.41, 5.74) is 1.76. The zero-order valence-corrected chi connectivity index (χ0v) is 12.1. The molecule has 20 heavy (non-hydrogen) atoms. The minimum absolute atomic E-state index is 0.0748. The standard InChI is InChI=1S/C15H22N2O3/c1-11-3-6-14(20-2)13(9-11)16-15(19)10-17(7-8-18)12-4-5-12/h3,6,9,12,18H,4-5,7-8,10H2,1-2H3,(H,16,19). The van der Waals surface area contributed by atoms with Crippen LogP contribution >= 0.6 is 0 Å². The van der Waals surface area contributed by atoms with Crippen LogP contribution in [0.5, 0.6) is 5.75 Å². The van der Waals surface area contributed by atoms with Crippen LogP contribution in [0.3, 0.4) is 0 Å². The van der Waals surface area contributed by atoms with E-state index >= 15 is 0 Å². The van der Waals surface area contributed by atoms with Crippen molar-refractivity contribution in [2.75, 3.05) is 32.1 Å². The quantitative estimate of drug-likeness (QED) is 0.791. The Labute approximate surface area is 119 Å². The van der Waals surface area contributed by atoms with Crippen molar-refractivity contribution in [3.8, 4) is 5.75 Å². The summed E-state index contributed by atoms with van der Waals surface area (Å²) in [6.07, 6.45) is 2.22. The summed E-state index contributed by atoms with van der Waals surface area (Å²) in [5, 5.41) is 11.9. The summed E-state index contributed by atoms with van der Waals surface area (Å²) in [6.45, 7) is 2.90. The number of hydrogen-bond acceptors (Lipinski definition) is 4. The number of nitrogens with zero attached hydrogens (tertiary/aromatic N) is 1. The molecule has 110 valence electrons. The Kier molecular flexibility index (Phi) is 4.98. The molecule has 0 heterocycles. The van der Waals surface area contributed by atoms with Gasteiger partial charge >= 0.3 is 0 Å². The van der Waals surface area contributed by atoms with Crippen molar-refractivity contribution in [3.05, 3.63) is 23.8 Å². The summed E-state index contributed by atoms with van der Waals surface area (Å²) < 4.78 is 5.25. The monoisotopic (exact) mass is 278 g/mol. The van der Waals surface area contributed by atoms with Crippen LogP contribution in [0.1, 0.15) is 18.4 Å². The number of aryl methyl sites for hydroxylation is 1. The van der Waals surface area contributed by atoms with Crippen LogP contribution in [0.25, 0.3) is 0 Å². The smallest absolute Gasteiger partial charge is 0.238 e. The van der Waals surface area contributed by atoms with Crippen molar-refractivity contribution in [2.24, 2.45) is 0 Å². The molecule has 0 atom stereocenters. The second kappa shape index (κ2) is 6.72. The lowest BCUT2D eigenvalue weighted by Gasteiger charge is -2.20. The number of anilines is 1. The second-order valence-electron chi connectivity index (χ2n) is 5.18. The van der Waals surface area contributed by atoms with Crippen molar-refractivity contribution in [3.63, 3.8) is 0 Å². The van der Waals surface area contributed by atoms with Crippen LogP contribution in [-0.2, 0) is 4.79 Å². The summed E-state index contributed by atoms with van der Waals surface area (Å²) in [6, 6.07) is 6.13. The molecule has 5 nitrogen and oxygen atoms in total. The first kappa shape index (κ1) is 14.8. The van der Waals surface area contributed by atoms with Gasteiger partial charge in [-0.25, -0.2) is 0 Å². The van der Waals surface area contributed by atoms with Crippen molar-refractivity contribution in [2.45, 2.75) is 25.8 Å². The Balaban J connectivity index is 1.98. The maximum Gasteiger partial charge on any atom is 0.238 e. The number of aliphatic hydroxyl groups is 1. The van der Waals surface area contributed by atoms with E-state index in [0.717, 1.165) is 18.4 Å². The number of carbonyl (C=O) groups is 1. The van der Waals surface area contributed by atoms with Crippen LogP contribution in [0.2, 0.25) is 0 Å². The van der Waals surface area contributed by atoms with Gasteiger partial charge in [0.15, 0.2) is 0 Å². The molecule has 5 heteroatoms. The molecule has 0 unspecified atom stereocenters. The van der Waals surface area contributed by atoms with E-state index in [1.807, 2.05) is 30.0 Å². The molecule has 0 aromatic heterocycles. The van der Waals surface area contributed by atoms with Crippen LogP contribution in [0.15, 0.2) is 18.2 Å². The van der Waals surface area contributed by atoms with Gasteiger partial charge in [0.1, 0.15) is 5.75 Å². The predicted octanol–water partition coefficient (Wildman–Crippen LogP) is 1.40. The maximum absolute atomic E-state index is 12.1. The fourth-order valence-electron chi connectivity index (χ4n) is 2.25. The highest BCUT2D eigenvalue weighted by Crippen LogP contribution is 2.27. The highest BCUT2D eigenvalue weighted by atomic mass is 16.5. The first-order valence-corrected chi connectivity index (χ1v) is 6.93. The molecule has 1 fully saturated rings. The van der Waals surface area contributed by atoms with Crippen molar-refractivity contribution < 1.29 is 14.6 Å². The molecule has 1 aliphatic carbocycles. The van der Waals surface area contributed by atoms with Gasteiger partial charge in [-0.15, -0.1) is 0 Å². The Morgan fingerprint density at radius 1 is 1.50 bits per heavy atom. The fraction of sp³-hybridized carbons (Fsp3) is 0.533. The second-order valence-corrected chi connectivity index (χ2v) is 5.18. The number of methoxy groups -OCH3 is 1. The molecular formula is C15H22N2O3. The summed E-state index contributed by atoms with van der Waals surface area (Å²) in [7, 11) is 1.59. The Morgan fingerprint density at radius 3 is 2.85 bits per heavy atom. The third-order valence-electron chi connectivity index (χ3n) is 3.43. The van der Waals surface area contributed by atoms with Gasteiger partial charge in [-0.1, -0.05) is 6.07 Å². The first-order chi connectivity index (χ1) is 9.63. The van der Waals surface area contributed by atoms with Gasteiger partial charge in [0.25, 0.3) is 0 Å². The lowest BCUT2D eigenvalue weighted by Crippen LogP contribution is -2.36. The highest BCUT2D eigenvalue weighted by molar-refractivity contribution is 5.93. The summed E-state index contributed by atoms with van der Waals surface area (Å²) in [4.78, 5) is 14.1. The maximum atomic E-state index is 12.1. The van der Waals surface area contributed by atoms with Crippen LogP contribution in [0, 0.1) is 6.92 Å². The van der Waals surface area contributed by atoms with Gasteiger partial charge in [-0.3, -0.25) is 9.69 Å². The molecular weight excluding hydrogens is 256 g/mol. The molecule has 0 radical (unpaired) electrons. The SMILES string of the molecule is COc1ccc(C)cc1NC(=O)CN(CCO)C1CC1. The van der Waals surface area contributed by atoms with E-state index in [9.17, 15) is 4.79 Å². The minimum Gasteiger partial charge on any atom is -0.495 e. The highest BCUT2D eigenvalue weighted by Gasteiger charge is 2.29. The van der Waals surface area contributed by atoms with Crippen LogP contribution in [0.4, 0.5) is 5.69 Å². The van der Waals surface area contributed by atoms with E-state index in [-0.39, 0.29) is 12.5 Å². The molecule has 2 rings (SSSR count). The third kappa shape index (κ3) is 3.95. The minimum atomic E-state index is -0.0748. The molecule has 1 aromatic rings. The van der Waals surface area contributed by atoms with Gasteiger partial charge in [-0.05, 0) is 37.5 Å². The fourth-order valence-corrected chi connectivity index (χ4v) is 2.25. The van der Waals surface area contributed by atoms with Crippen molar-refractivity contribution in [1.29, 1.82) is 0 Å². The molecule has 0 spiro atoms. The molecule has 1 aliphatic rings. The molecule has 0 aliphatic heterocycles. The number of aliphatic hydroxyl groups excluding tert-OH is 1. The zero-order chi connectivity index (χ0) is 14.5. The lowest BCUT2D eigenvalue weighted by atomic mass is 10.2. The van der Waals surface area contributed by atoms with E-state index in [4.69, 9.17) is 9.84 Å². The third-order valence-corrected chi connectivity index (χ3v) is 3.43. The van der Waals surface area contributed by atoms with Gasteiger partial charge in [0, 0.05) is 12.6 Å².